The number of rotatable bonds is 7. The van der Waals surface area contributed by atoms with Crippen LogP contribution in [0.1, 0.15) is 48.9 Å². The largest absolute Gasteiger partial charge is 0.526 e. The van der Waals surface area contributed by atoms with Crippen molar-refractivity contribution in [2.24, 2.45) is 0 Å². The zero-order valence-corrected chi connectivity index (χ0v) is 26.7. The molecule has 250 valence electrons. The van der Waals surface area contributed by atoms with Crippen molar-refractivity contribution in [3.8, 4) is 22.6 Å². The number of aliphatic carboxylic acids is 1. The van der Waals surface area contributed by atoms with Crippen LogP contribution in [0.15, 0.2) is 97.1 Å². The number of carboxylic acid groups (broad SMARTS) is 1. The highest BCUT2D eigenvalue weighted by Gasteiger charge is 2.51. The monoisotopic (exact) mass is 661 g/mol. The molecule has 0 saturated carbocycles. The number of carboxylic acids is 1. The number of hydrogen-bond acceptors (Lipinski definition) is 5. The number of urea groups is 1. The van der Waals surface area contributed by atoms with Gasteiger partial charge in [-0.2, -0.15) is 18.0 Å². The van der Waals surface area contributed by atoms with Crippen LogP contribution in [0.4, 0.5) is 22.8 Å². The lowest BCUT2D eigenvalue weighted by Gasteiger charge is -2.37. The van der Waals surface area contributed by atoms with E-state index in [2.05, 4.69) is 5.32 Å². The van der Waals surface area contributed by atoms with Gasteiger partial charge in [-0.3, -0.25) is 4.79 Å². The van der Waals surface area contributed by atoms with Gasteiger partial charge in [-0.25, -0.2) is 4.79 Å². The zero-order chi connectivity index (χ0) is 34.7. The fourth-order valence-electron chi connectivity index (χ4n) is 5.64. The van der Waals surface area contributed by atoms with Crippen LogP contribution in [0.3, 0.4) is 0 Å². The molecule has 4 aromatic rings. The van der Waals surface area contributed by atoms with Crippen LogP contribution in [0, 0.1) is 0 Å². The molecule has 11 heteroatoms. The number of fused-ring (bicyclic) bond motifs is 1. The van der Waals surface area contributed by atoms with E-state index in [-0.39, 0.29) is 37.6 Å². The van der Waals surface area contributed by atoms with Crippen molar-refractivity contribution in [3.05, 3.63) is 119 Å². The smallest absolute Gasteiger partial charge is 0.481 e. The van der Waals surface area contributed by atoms with Crippen molar-refractivity contribution in [2.45, 2.75) is 51.4 Å². The van der Waals surface area contributed by atoms with Crippen LogP contribution in [0.5, 0.6) is 11.5 Å². The SMILES string of the molecule is CC(C)(C)OC(=O)[N+]1(C(=O)NCC(C(=O)O)c2ccc(-c3ccccc3)cc2)CCc2ccc(Oc3ccccc3C(F)(F)F)cc2C1. The molecule has 4 aromatic carbocycles. The van der Waals surface area contributed by atoms with Crippen LogP contribution in [0.25, 0.3) is 11.1 Å². The highest BCUT2D eigenvalue weighted by Crippen LogP contribution is 2.39. The van der Waals surface area contributed by atoms with Crippen LogP contribution in [0.2, 0.25) is 0 Å². The lowest BCUT2D eigenvalue weighted by atomic mass is 9.96. The molecule has 0 saturated heterocycles. The second-order valence-corrected chi connectivity index (χ2v) is 12.7. The van der Waals surface area contributed by atoms with Gasteiger partial charge in [-0.1, -0.05) is 72.8 Å². The standard InChI is InChI=1S/C37H35F3N2O6/c1-36(2,3)48-35(46)42(34(45)41-22-30(33(43)44)27-15-13-25(14-16-27)24-9-5-4-6-10-24)20-19-26-17-18-29(21-28(26)23-42)47-32-12-8-7-11-31(32)37(38,39)40/h4-18,21,30H,19-20,22-23H2,1-3H3,(H-,41,43,44,45)/p+1. The molecule has 0 aliphatic carbocycles. The van der Waals surface area contributed by atoms with Gasteiger partial charge in [0.05, 0.1) is 11.5 Å². The fraction of sp³-hybridized carbons (Fsp3) is 0.270. The number of carbonyl (C=O) groups is 3. The molecule has 2 N–H and O–H groups in total. The summed E-state index contributed by atoms with van der Waals surface area (Å²) >= 11 is 0. The van der Waals surface area contributed by atoms with Crippen LogP contribution in [-0.2, 0) is 28.7 Å². The Morgan fingerprint density at radius 2 is 1.50 bits per heavy atom. The molecular formula is C37H36F3N2O6+. The molecule has 5 rings (SSSR count). The molecular weight excluding hydrogens is 625 g/mol. The number of para-hydroxylation sites is 1. The van der Waals surface area contributed by atoms with Gasteiger partial charge in [-0.05, 0) is 67.3 Å². The molecule has 0 fully saturated rings. The highest BCUT2D eigenvalue weighted by atomic mass is 19.4. The Balaban J connectivity index is 1.40. The number of benzene rings is 4. The van der Waals surface area contributed by atoms with Crippen LogP contribution < -0.4 is 10.1 Å². The Labute approximate surface area is 276 Å². The maximum absolute atomic E-state index is 14.0. The molecule has 8 nitrogen and oxygen atoms in total. The summed E-state index contributed by atoms with van der Waals surface area (Å²) < 4.78 is 51.3. The summed E-state index contributed by atoms with van der Waals surface area (Å²) in [5.74, 6) is -2.55. The van der Waals surface area contributed by atoms with E-state index in [4.69, 9.17) is 9.47 Å². The minimum atomic E-state index is -4.64. The maximum atomic E-state index is 14.0. The number of carbonyl (C=O) groups excluding carboxylic acids is 2. The Morgan fingerprint density at radius 1 is 0.854 bits per heavy atom. The Morgan fingerprint density at radius 3 is 2.15 bits per heavy atom. The predicted molar refractivity (Wildman–Crippen MR) is 172 cm³/mol. The number of hydrogen-bond donors (Lipinski definition) is 2. The lowest BCUT2D eigenvalue weighted by molar-refractivity contribution is -0.795. The lowest BCUT2D eigenvalue weighted by Crippen LogP contribution is -2.63. The third-order valence-electron chi connectivity index (χ3n) is 8.11. The van der Waals surface area contributed by atoms with Gasteiger partial charge in [0.2, 0.25) is 0 Å². The summed E-state index contributed by atoms with van der Waals surface area (Å²) in [5.41, 5.74) is 1.75. The second kappa shape index (κ2) is 13.5. The minimum Gasteiger partial charge on any atom is -0.481 e. The van der Waals surface area contributed by atoms with E-state index < -0.39 is 45.8 Å². The molecule has 48 heavy (non-hydrogen) atoms. The molecule has 1 heterocycles. The Bertz CT molecular complexity index is 1800. The normalized spacial score (nSPS) is 16.7. The van der Waals surface area contributed by atoms with Crippen LogP contribution in [-0.4, -0.2) is 46.4 Å². The summed E-state index contributed by atoms with van der Waals surface area (Å²) in [7, 11) is 0. The molecule has 1 aliphatic rings. The van der Waals surface area contributed by atoms with Gasteiger partial charge < -0.3 is 19.9 Å². The summed E-state index contributed by atoms with van der Waals surface area (Å²) in [6, 6.07) is 25.4. The van der Waals surface area contributed by atoms with Gasteiger partial charge in [0.15, 0.2) is 0 Å². The topological polar surface area (TPSA) is 102 Å². The third-order valence-corrected chi connectivity index (χ3v) is 8.11. The Kier molecular flexibility index (Phi) is 9.63. The first-order valence-electron chi connectivity index (χ1n) is 15.4. The first-order chi connectivity index (χ1) is 22.7. The van der Waals surface area contributed by atoms with Crippen molar-refractivity contribution in [1.29, 1.82) is 0 Å². The third kappa shape index (κ3) is 7.69. The van der Waals surface area contributed by atoms with Gasteiger partial charge in [0.1, 0.15) is 30.2 Å². The molecule has 3 amide bonds. The molecule has 0 spiro atoms. The molecule has 0 aromatic heterocycles. The van der Waals surface area contributed by atoms with Crippen molar-refractivity contribution >= 4 is 18.1 Å². The van der Waals surface area contributed by atoms with Gasteiger partial charge in [-0.15, -0.1) is 4.48 Å². The van der Waals surface area contributed by atoms with E-state index in [0.717, 1.165) is 22.8 Å². The molecule has 1 aliphatic heterocycles. The number of quaternary nitrogens is 1. The minimum absolute atomic E-state index is 0.0222. The van der Waals surface area contributed by atoms with Gasteiger partial charge in [0, 0.05) is 18.5 Å². The summed E-state index contributed by atoms with van der Waals surface area (Å²) in [6.07, 6.45) is -5.20. The molecule has 2 atom stereocenters. The number of alkyl halides is 3. The fourth-order valence-corrected chi connectivity index (χ4v) is 5.64. The van der Waals surface area contributed by atoms with Crippen molar-refractivity contribution < 1.29 is 46.6 Å². The number of amides is 3. The number of nitrogens with one attached hydrogen (secondary N) is 1. The van der Waals surface area contributed by atoms with Crippen molar-refractivity contribution in [1.82, 2.24) is 5.32 Å². The predicted octanol–water partition coefficient (Wildman–Crippen LogP) is 8.55. The molecule has 2 unspecified atom stereocenters. The molecule has 0 bridgehead atoms. The average Bonchev–Trinajstić information content (AvgIpc) is 3.04. The van der Waals surface area contributed by atoms with Crippen LogP contribution >= 0.6 is 0 Å². The number of ether oxygens (including phenoxy) is 2. The number of imide groups is 1. The second-order valence-electron chi connectivity index (χ2n) is 12.7. The van der Waals surface area contributed by atoms with E-state index >= 15 is 0 Å². The van der Waals surface area contributed by atoms with Gasteiger partial charge in [0.25, 0.3) is 0 Å². The maximum Gasteiger partial charge on any atom is 0.526 e. The van der Waals surface area contributed by atoms with Crippen molar-refractivity contribution in [2.75, 3.05) is 13.1 Å². The Hall–Kier alpha value is -5.16. The van der Waals surface area contributed by atoms with Gasteiger partial charge >= 0.3 is 24.3 Å². The van der Waals surface area contributed by atoms with E-state index in [1.807, 2.05) is 42.5 Å². The first-order valence-corrected chi connectivity index (χ1v) is 15.4. The highest BCUT2D eigenvalue weighted by molar-refractivity contribution is 5.82. The average molecular weight is 662 g/mol. The summed E-state index contributed by atoms with van der Waals surface area (Å²) in [4.78, 5) is 40.1. The summed E-state index contributed by atoms with van der Waals surface area (Å²) in [5, 5.41) is 12.8. The van der Waals surface area contributed by atoms with E-state index in [1.54, 1.807) is 45.0 Å². The number of halogens is 3. The van der Waals surface area contributed by atoms with Crippen molar-refractivity contribution in [3.63, 3.8) is 0 Å². The van der Waals surface area contributed by atoms with E-state index in [9.17, 15) is 32.7 Å². The summed E-state index contributed by atoms with van der Waals surface area (Å²) in [6.45, 7) is 4.54. The quantitative estimate of drug-likeness (QED) is 0.193. The van der Waals surface area contributed by atoms with E-state index in [1.165, 1.54) is 24.3 Å². The zero-order valence-electron chi connectivity index (χ0n) is 26.7. The molecule has 0 radical (unpaired) electrons. The van der Waals surface area contributed by atoms with E-state index in [0.29, 0.717) is 11.1 Å². The first kappa shape index (κ1) is 34.2. The number of nitrogens with zero attached hydrogens (tertiary/aromatic N) is 1.